The Hall–Kier alpha value is -2.14. The molecule has 162 valence electrons. The molecule has 0 bridgehead atoms. The molecule has 0 spiro atoms. The van der Waals surface area contributed by atoms with Gasteiger partial charge in [-0.25, -0.2) is 5.48 Å². The summed E-state index contributed by atoms with van der Waals surface area (Å²) in [7, 11) is 1.43. The summed E-state index contributed by atoms with van der Waals surface area (Å²) in [6, 6.07) is 7.70. The number of benzene rings is 1. The van der Waals surface area contributed by atoms with Gasteiger partial charge in [-0.2, -0.15) is 0 Å². The van der Waals surface area contributed by atoms with Gasteiger partial charge in [-0.3, -0.25) is 14.4 Å². The highest BCUT2D eigenvalue weighted by molar-refractivity contribution is 5.93. The van der Waals surface area contributed by atoms with Crippen LogP contribution in [0, 0.1) is 11.3 Å². The zero-order valence-electron chi connectivity index (χ0n) is 18.4. The molecule has 1 saturated heterocycles. The van der Waals surface area contributed by atoms with Crippen molar-refractivity contribution in [1.82, 2.24) is 10.4 Å². The van der Waals surface area contributed by atoms with E-state index < -0.39 is 0 Å². The topological polar surface area (TPSA) is 58.6 Å². The van der Waals surface area contributed by atoms with Crippen molar-refractivity contribution in [2.75, 3.05) is 20.2 Å². The van der Waals surface area contributed by atoms with Gasteiger partial charge in [0.1, 0.15) is 0 Å². The molecule has 1 aliphatic heterocycles. The Labute approximate surface area is 176 Å². The fourth-order valence-corrected chi connectivity index (χ4v) is 3.61. The number of carbonyl (C=O) groups excluding carboxylic acids is 2. The molecule has 1 aromatic rings. The maximum Gasteiger partial charge on any atom is 0.274 e. The molecule has 2 amide bonds. The van der Waals surface area contributed by atoms with Crippen LogP contribution in [-0.2, 0) is 16.1 Å². The number of allylic oxidation sites excluding steroid dienone is 1. The van der Waals surface area contributed by atoms with E-state index >= 15 is 0 Å². The highest BCUT2D eigenvalue weighted by Gasteiger charge is 2.21. The van der Waals surface area contributed by atoms with E-state index in [0.29, 0.717) is 5.56 Å². The van der Waals surface area contributed by atoms with Crippen LogP contribution in [0.5, 0.6) is 0 Å². The minimum atomic E-state index is -0.224. The van der Waals surface area contributed by atoms with Crippen molar-refractivity contribution in [2.45, 2.75) is 59.3 Å². The zero-order chi connectivity index (χ0) is 21.3. The molecule has 1 aliphatic rings. The number of hydroxylamine groups is 1. The minimum absolute atomic E-state index is 0. The van der Waals surface area contributed by atoms with Crippen LogP contribution < -0.4 is 5.48 Å². The molecule has 1 N–H and O–H groups in total. The monoisotopic (exact) mass is 402 g/mol. The molecular weight excluding hydrogens is 364 g/mol. The second kappa shape index (κ2) is 11.1. The lowest BCUT2D eigenvalue weighted by Crippen LogP contribution is -2.37. The first kappa shape index (κ1) is 23.1. The van der Waals surface area contributed by atoms with Crippen LogP contribution in [-0.4, -0.2) is 36.9 Å². The van der Waals surface area contributed by atoms with E-state index in [0.717, 1.165) is 44.7 Å². The van der Waals surface area contributed by atoms with Crippen molar-refractivity contribution in [3.8, 4) is 0 Å². The second-order valence-electron chi connectivity index (χ2n) is 9.05. The fraction of sp³-hybridized carbons (Fsp3) is 0.583. The van der Waals surface area contributed by atoms with Gasteiger partial charge in [-0.05, 0) is 60.8 Å². The number of likely N-dealkylation sites (tertiary alicyclic amines) is 1. The molecule has 2 rings (SSSR count). The molecule has 0 saturated carbocycles. The Kier molecular flexibility index (Phi) is 8.90. The minimum Gasteiger partial charge on any atom is -0.339 e. The number of amides is 2. The first-order valence-corrected chi connectivity index (χ1v) is 10.7. The quantitative estimate of drug-likeness (QED) is 0.387. The van der Waals surface area contributed by atoms with Crippen LogP contribution in [0.2, 0.25) is 0 Å². The third kappa shape index (κ3) is 8.40. The molecule has 0 aromatic heterocycles. The SMILES string of the molecule is CONC(=O)c1ccc(CCCCC2CCN(C(=O)/C=C\C(C)(C)C)CC2)cc1.[HH]. The Bertz CT molecular complexity index is 687. The van der Waals surface area contributed by atoms with E-state index in [9.17, 15) is 9.59 Å². The molecule has 5 heteroatoms. The molecule has 0 atom stereocenters. The molecule has 1 heterocycles. The molecule has 1 aromatic carbocycles. The predicted molar refractivity (Wildman–Crippen MR) is 118 cm³/mol. The fourth-order valence-electron chi connectivity index (χ4n) is 3.61. The van der Waals surface area contributed by atoms with Gasteiger partial charge >= 0.3 is 0 Å². The third-order valence-corrected chi connectivity index (χ3v) is 5.39. The molecule has 1 fully saturated rings. The third-order valence-electron chi connectivity index (χ3n) is 5.39. The van der Waals surface area contributed by atoms with E-state index in [-0.39, 0.29) is 18.7 Å². The highest BCUT2D eigenvalue weighted by Crippen LogP contribution is 2.24. The largest absolute Gasteiger partial charge is 0.339 e. The van der Waals surface area contributed by atoms with Gasteiger partial charge in [0.15, 0.2) is 0 Å². The maximum absolute atomic E-state index is 12.3. The molecule has 0 aliphatic carbocycles. The van der Waals surface area contributed by atoms with Crippen LogP contribution in [0.4, 0.5) is 0 Å². The summed E-state index contributed by atoms with van der Waals surface area (Å²) in [4.78, 5) is 30.6. The first-order valence-electron chi connectivity index (χ1n) is 10.7. The maximum atomic E-state index is 12.3. The number of rotatable bonds is 8. The molecular formula is C24H38N2O3. The summed E-state index contributed by atoms with van der Waals surface area (Å²) in [5.41, 5.74) is 4.23. The van der Waals surface area contributed by atoms with Gasteiger partial charge in [0.05, 0.1) is 7.11 Å². The normalized spacial score (nSPS) is 15.7. The summed E-state index contributed by atoms with van der Waals surface area (Å²) in [6.07, 6.45) is 10.6. The van der Waals surface area contributed by atoms with Gasteiger partial charge in [-0.1, -0.05) is 51.8 Å². The molecule has 29 heavy (non-hydrogen) atoms. The van der Waals surface area contributed by atoms with Gasteiger partial charge in [-0.15, -0.1) is 0 Å². The Morgan fingerprint density at radius 1 is 1.17 bits per heavy atom. The van der Waals surface area contributed by atoms with Crippen LogP contribution in [0.15, 0.2) is 36.4 Å². The Morgan fingerprint density at radius 2 is 1.83 bits per heavy atom. The number of aryl methyl sites for hydroxylation is 1. The molecule has 0 radical (unpaired) electrons. The average molecular weight is 403 g/mol. The summed E-state index contributed by atoms with van der Waals surface area (Å²) < 4.78 is 0. The lowest BCUT2D eigenvalue weighted by atomic mass is 9.90. The van der Waals surface area contributed by atoms with Crippen molar-refractivity contribution in [3.05, 3.63) is 47.5 Å². The molecule has 0 unspecified atom stereocenters. The van der Waals surface area contributed by atoms with Crippen LogP contribution in [0.25, 0.3) is 0 Å². The lowest BCUT2D eigenvalue weighted by molar-refractivity contribution is -0.127. The number of piperidine rings is 1. The van der Waals surface area contributed by atoms with E-state index in [1.807, 2.05) is 35.2 Å². The van der Waals surface area contributed by atoms with Gasteiger partial charge in [0.2, 0.25) is 5.91 Å². The number of nitrogens with one attached hydrogen (secondary N) is 1. The number of carbonyl (C=O) groups is 2. The number of hydrogen-bond donors (Lipinski definition) is 1. The van der Waals surface area contributed by atoms with Gasteiger partial charge < -0.3 is 4.90 Å². The number of nitrogens with zero attached hydrogens (tertiary/aromatic N) is 1. The summed E-state index contributed by atoms with van der Waals surface area (Å²) in [5, 5.41) is 0. The van der Waals surface area contributed by atoms with E-state index in [1.165, 1.54) is 25.5 Å². The number of unbranched alkanes of at least 4 members (excludes halogenated alkanes) is 1. The lowest BCUT2D eigenvalue weighted by Gasteiger charge is -2.31. The standard InChI is InChI=1S/C24H36N2O3.H2/c1-24(2,3)16-13-22(27)26-17-14-20(15-18-26)8-6-5-7-19-9-11-21(12-10-19)23(28)25-29-4;/h9-13,16,20H,5-8,14-15,17-18H2,1-4H3,(H,25,28);1H/b16-13-;. The second-order valence-corrected chi connectivity index (χ2v) is 9.05. The summed E-state index contributed by atoms with van der Waals surface area (Å²) >= 11 is 0. The zero-order valence-corrected chi connectivity index (χ0v) is 18.4. The van der Waals surface area contributed by atoms with Crippen molar-refractivity contribution >= 4 is 11.8 Å². The number of hydrogen-bond acceptors (Lipinski definition) is 3. The Balaban J connectivity index is 0.00000450. The van der Waals surface area contributed by atoms with Gasteiger partial charge in [0, 0.05) is 20.1 Å². The van der Waals surface area contributed by atoms with Crippen molar-refractivity contribution in [2.24, 2.45) is 11.3 Å². The average Bonchev–Trinajstić information content (AvgIpc) is 2.70. The highest BCUT2D eigenvalue weighted by atomic mass is 16.6. The van der Waals surface area contributed by atoms with Gasteiger partial charge in [0.25, 0.3) is 5.91 Å². The Morgan fingerprint density at radius 3 is 2.41 bits per heavy atom. The summed E-state index contributed by atoms with van der Waals surface area (Å²) in [5.74, 6) is 0.657. The van der Waals surface area contributed by atoms with E-state index in [1.54, 1.807) is 6.08 Å². The summed E-state index contributed by atoms with van der Waals surface area (Å²) in [6.45, 7) is 8.08. The first-order chi connectivity index (χ1) is 13.8. The van der Waals surface area contributed by atoms with Crippen molar-refractivity contribution < 1.29 is 15.9 Å². The predicted octanol–water partition coefficient (Wildman–Crippen LogP) is 4.78. The van der Waals surface area contributed by atoms with Crippen LogP contribution in [0.1, 0.15) is 70.2 Å². The van der Waals surface area contributed by atoms with Crippen molar-refractivity contribution in [3.63, 3.8) is 0 Å². The van der Waals surface area contributed by atoms with Crippen LogP contribution >= 0.6 is 0 Å². The smallest absolute Gasteiger partial charge is 0.274 e. The van der Waals surface area contributed by atoms with E-state index in [4.69, 9.17) is 0 Å². The molecule has 5 nitrogen and oxygen atoms in total. The van der Waals surface area contributed by atoms with E-state index in [2.05, 4.69) is 31.1 Å². The van der Waals surface area contributed by atoms with Crippen molar-refractivity contribution in [1.29, 1.82) is 0 Å². The van der Waals surface area contributed by atoms with Crippen LogP contribution in [0.3, 0.4) is 0 Å².